The number of nitrogens with one attached hydrogen (secondary N) is 1. The molecular formula is C19H18N4O3. The summed E-state index contributed by atoms with van der Waals surface area (Å²) >= 11 is 0. The number of carbonyl (C=O) groups excluding carboxylic acids is 1. The zero-order chi connectivity index (χ0) is 18.4. The normalized spacial score (nSPS) is 10.8. The summed E-state index contributed by atoms with van der Waals surface area (Å²) in [5.74, 6) is 0.0728. The van der Waals surface area contributed by atoms with Crippen LogP contribution in [0.5, 0.6) is 11.5 Å². The Morgan fingerprint density at radius 1 is 1.31 bits per heavy atom. The average molecular weight is 350 g/mol. The Balaban J connectivity index is 1.64. The molecule has 3 rings (SSSR count). The fraction of sp³-hybridized carbons (Fsp3) is 0.105. The number of carbonyl (C=O) groups is 1. The minimum Gasteiger partial charge on any atom is -0.504 e. The average Bonchev–Trinajstić information content (AvgIpc) is 3.16. The molecule has 2 N–H and O–H groups in total. The fourth-order valence-electron chi connectivity index (χ4n) is 2.40. The van der Waals surface area contributed by atoms with Gasteiger partial charge in [-0.2, -0.15) is 10.2 Å². The third-order valence-corrected chi connectivity index (χ3v) is 3.68. The maximum Gasteiger partial charge on any atom is 0.271 e. The Morgan fingerprint density at radius 2 is 2.19 bits per heavy atom. The molecule has 0 spiro atoms. The van der Waals surface area contributed by atoms with Crippen LogP contribution in [0.2, 0.25) is 0 Å². The molecule has 0 radical (unpaired) electrons. The van der Waals surface area contributed by atoms with Gasteiger partial charge in [-0.1, -0.05) is 12.1 Å². The summed E-state index contributed by atoms with van der Waals surface area (Å²) < 4.78 is 6.82. The number of phenolic OH excluding ortho intramolecular Hbond substituents is 1. The molecule has 0 atom stereocenters. The van der Waals surface area contributed by atoms with Gasteiger partial charge in [0.2, 0.25) is 0 Å². The molecule has 0 saturated heterocycles. The van der Waals surface area contributed by atoms with E-state index in [-0.39, 0.29) is 11.7 Å². The van der Waals surface area contributed by atoms with Gasteiger partial charge in [0.05, 0.1) is 19.9 Å². The zero-order valence-corrected chi connectivity index (χ0v) is 14.2. The highest BCUT2D eigenvalue weighted by atomic mass is 16.5. The maximum atomic E-state index is 12.3. The summed E-state index contributed by atoms with van der Waals surface area (Å²) in [6.45, 7) is 0.588. The van der Waals surface area contributed by atoms with Gasteiger partial charge in [0.1, 0.15) is 0 Å². The van der Waals surface area contributed by atoms with Crippen molar-refractivity contribution >= 4 is 12.1 Å². The molecule has 0 bridgehead atoms. The van der Waals surface area contributed by atoms with Crippen molar-refractivity contribution in [3.8, 4) is 11.5 Å². The molecule has 0 unspecified atom stereocenters. The number of amides is 1. The Kier molecular flexibility index (Phi) is 5.28. The van der Waals surface area contributed by atoms with Gasteiger partial charge >= 0.3 is 0 Å². The minimum absolute atomic E-state index is 0.0442. The first-order chi connectivity index (χ1) is 12.7. The standard InChI is InChI=1S/C19H18N4O3/c1-26-18-11-14(6-7-17(18)24)12-20-22-19(25)16-5-2-4-15(10-16)13-23-9-3-8-21-23/h2-12,24H,13H2,1H3,(H,22,25)/b20-12-. The summed E-state index contributed by atoms with van der Waals surface area (Å²) in [5.41, 5.74) is 4.65. The first-order valence-electron chi connectivity index (χ1n) is 7.92. The number of methoxy groups -OCH3 is 1. The molecule has 1 heterocycles. The van der Waals surface area contributed by atoms with Crippen molar-refractivity contribution in [2.75, 3.05) is 7.11 Å². The SMILES string of the molecule is COc1cc(/C=N\NC(=O)c2cccc(Cn3cccn3)c2)ccc1O. The third kappa shape index (κ3) is 4.27. The molecule has 26 heavy (non-hydrogen) atoms. The maximum absolute atomic E-state index is 12.3. The van der Waals surface area contributed by atoms with Gasteiger partial charge in [-0.15, -0.1) is 0 Å². The largest absolute Gasteiger partial charge is 0.504 e. The highest BCUT2D eigenvalue weighted by Gasteiger charge is 2.06. The molecule has 7 heteroatoms. The molecule has 2 aromatic carbocycles. The number of ether oxygens (including phenoxy) is 1. The van der Waals surface area contributed by atoms with E-state index < -0.39 is 0 Å². The van der Waals surface area contributed by atoms with E-state index in [0.29, 0.717) is 23.4 Å². The highest BCUT2D eigenvalue weighted by Crippen LogP contribution is 2.25. The van der Waals surface area contributed by atoms with Crippen molar-refractivity contribution in [1.82, 2.24) is 15.2 Å². The second-order valence-electron chi connectivity index (χ2n) is 5.53. The molecular weight excluding hydrogens is 332 g/mol. The lowest BCUT2D eigenvalue weighted by Crippen LogP contribution is -2.18. The van der Waals surface area contributed by atoms with E-state index in [4.69, 9.17) is 4.74 Å². The topological polar surface area (TPSA) is 88.7 Å². The number of nitrogens with zero attached hydrogens (tertiary/aromatic N) is 3. The van der Waals surface area contributed by atoms with Crippen LogP contribution in [0.1, 0.15) is 21.5 Å². The van der Waals surface area contributed by atoms with E-state index in [9.17, 15) is 9.90 Å². The van der Waals surface area contributed by atoms with E-state index >= 15 is 0 Å². The van der Waals surface area contributed by atoms with E-state index in [1.165, 1.54) is 19.4 Å². The van der Waals surface area contributed by atoms with Crippen LogP contribution in [0.4, 0.5) is 0 Å². The molecule has 1 amide bonds. The number of benzene rings is 2. The number of phenols is 1. The van der Waals surface area contributed by atoms with Crippen LogP contribution in [0.15, 0.2) is 66.0 Å². The molecule has 0 aliphatic heterocycles. The van der Waals surface area contributed by atoms with Crippen molar-refractivity contribution in [3.05, 3.63) is 77.6 Å². The first kappa shape index (κ1) is 17.2. The molecule has 3 aromatic rings. The van der Waals surface area contributed by atoms with Crippen LogP contribution in [0.3, 0.4) is 0 Å². The zero-order valence-electron chi connectivity index (χ0n) is 14.2. The molecule has 7 nitrogen and oxygen atoms in total. The minimum atomic E-state index is -0.311. The second kappa shape index (κ2) is 7.98. The van der Waals surface area contributed by atoms with Crippen molar-refractivity contribution < 1.29 is 14.6 Å². The summed E-state index contributed by atoms with van der Waals surface area (Å²) in [5, 5.41) is 17.7. The molecule has 0 saturated carbocycles. The molecule has 1 aromatic heterocycles. The van der Waals surface area contributed by atoms with Crippen molar-refractivity contribution in [1.29, 1.82) is 0 Å². The smallest absolute Gasteiger partial charge is 0.271 e. The predicted molar refractivity (Wildman–Crippen MR) is 97.5 cm³/mol. The fourth-order valence-corrected chi connectivity index (χ4v) is 2.40. The van der Waals surface area contributed by atoms with Gasteiger partial charge < -0.3 is 9.84 Å². The lowest BCUT2D eigenvalue weighted by Gasteiger charge is -2.05. The van der Waals surface area contributed by atoms with Crippen LogP contribution in [-0.2, 0) is 6.54 Å². The lowest BCUT2D eigenvalue weighted by atomic mass is 10.1. The van der Waals surface area contributed by atoms with E-state index in [1.807, 2.05) is 24.4 Å². The number of hydrazone groups is 1. The second-order valence-corrected chi connectivity index (χ2v) is 5.53. The molecule has 132 valence electrons. The van der Waals surface area contributed by atoms with Gasteiger partial charge in [-0.05, 0) is 47.5 Å². The molecule has 0 fully saturated rings. The van der Waals surface area contributed by atoms with Gasteiger partial charge in [0.25, 0.3) is 5.91 Å². The number of aromatic nitrogens is 2. The van der Waals surface area contributed by atoms with Crippen LogP contribution in [0, 0.1) is 0 Å². The number of hydrogen-bond donors (Lipinski definition) is 2. The summed E-state index contributed by atoms with van der Waals surface area (Å²) in [6.07, 6.45) is 5.06. The van der Waals surface area contributed by atoms with Gasteiger partial charge in [-0.3, -0.25) is 9.48 Å². The lowest BCUT2D eigenvalue weighted by molar-refractivity contribution is 0.0955. The van der Waals surface area contributed by atoms with E-state index in [2.05, 4.69) is 15.6 Å². The molecule has 0 aliphatic rings. The summed E-state index contributed by atoms with van der Waals surface area (Å²) in [7, 11) is 1.47. The summed E-state index contributed by atoms with van der Waals surface area (Å²) in [4.78, 5) is 12.3. The van der Waals surface area contributed by atoms with E-state index in [1.54, 1.807) is 35.1 Å². The van der Waals surface area contributed by atoms with Gasteiger partial charge in [0, 0.05) is 18.0 Å². The van der Waals surface area contributed by atoms with Crippen LogP contribution < -0.4 is 10.2 Å². The van der Waals surface area contributed by atoms with Crippen LogP contribution >= 0.6 is 0 Å². The molecule has 0 aliphatic carbocycles. The third-order valence-electron chi connectivity index (χ3n) is 3.68. The van der Waals surface area contributed by atoms with Crippen molar-refractivity contribution in [2.24, 2.45) is 5.10 Å². The van der Waals surface area contributed by atoms with Crippen LogP contribution in [-0.4, -0.2) is 34.1 Å². The predicted octanol–water partition coefficient (Wildman–Crippen LogP) is 2.41. The Bertz CT molecular complexity index is 920. The summed E-state index contributed by atoms with van der Waals surface area (Å²) in [6, 6.07) is 13.9. The number of aromatic hydroxyl groups is 1. The number of hydrogen-bond acceptors (Lipinski definition) is 5. The quantitative estimate of drug-likeness (QED) is 0.528. The van der Waals surface area contributed by atoms with E-state index in [0.717, 1.165) is 5.56 Å². The van der Waals surface area contributed by atoms with Crippen LogP contribution in [0.25, 0.3) is 0 Å². The number of rotatable bonds is 6. The van der Waals surface area contributed by atoms with Gasteiger partial charge in [-0.25, -0.2) is 5.43 Å². The highest BCUT2D eigenvalue weighted by molar-refractivity contribution is 5.95. The Morgan fingerprint density at radius 3 is 2.96 bits per heavy atom. The Hall–Kier alpha value is -3.61. The van der Waals surface area contributed by atoms with Crippen molar-refractivity contribution in [2.45, 2.75) is 6.54 Å². The first-order valence-corrected chi connectivity index (χ1v) is 7.92. The monoisotopic (exact) mass is 350 g/mol. The van der Waals surface area contributed by atoms with Gasteiger partial charge in [0.15, 0.2) is 11.5 Å². The Labute approximate surface area is 150 Å². The van der Waals surface area contributed by atoms with Crippen molar-refractivity contribution in [3.63, 3.8) is 0 Å².